The van der Waals surface area contributed by atoms with Crippen molar-refractivity contribution in [3.05, 3.63) is 29.3 Å². The number of aromatic hydroxyl groups is 1. The number of likely N-dealkylation sites (tertiary alicyclic amines) is 1. The molecule has 0 aromatic heterocycles. The Morgan fingerprint density at radius 1 is 1.09 bits per heavy atom. The van der Waals surface area contributed by atoms with Crippen molar-refractivity contribution in [2.24, 2.45) is 11.3 Å². The lowest BCUT2D eigenvalue weighted by molar-refractivity contribution is -0.00608. The molecule has 2 saturated carbocycles. The second-order valence-electron chi connectivity index (χ2n) is 8.81. The minimum atomic E-state index is 0.280. The summed E-state index contributed by atoms with van der Waals surface area (Å²) in [4.78, 5) is 2.79. The van der Waals surface area contributed by atoms with Gasteiger partial charge in [-0.05, 0) is 74.5 Å². The summed E-state index contributed by atoms with van der Waals surface area (Å²) in [5.74, 6) is 1.56. The Morgan fingerprint density at radius 3 is 2.83 bits per heavy atom. The lowest BCUT2D eigenvalue weighted by Crippen LogP contribution is -2.58. The van der Waals surface area contributed by atoms with Crippen LogP contribution < -0.4 is 0 Å². The van der Waals surface area contributed by atoms with Gasteiger partial charge in [-0.25, -0.2) is 0 Å². The Morgan fingerprint density at radius 2 is 2.00 bits per heavy atom. The van der Waals surface area contributed by atoms with Crippen molar-refractivity contribution in [1.29, 1.82) is 0 Å². The number of hydrogen-bond donors (Lipinski definition) is 1. The maximum Gasteiger partial charge on any atom is 0.119 e. The number of fused-ring (bicyclic) bond motifs is 1. The van der Waals surface area contributed by atoms with Gasteiger partial charge in [0.15, 0.2) is 0 Å². The van der Waals surface area contributed by atoms with E-state index in [1.54, 1.807) is 0 Å². The average molecular weight is 311 g/mol. The fourth-order valence-electron chi connectivity index (χ4n) is 6.59. The maximum absolute atomic E-state index is 10.7. The monoisotopic (exact) mass is 311 g/mol. The van der Waals surface area contributed by atoms with Gasteiger partial charge in [0.05, 0.1) is 0 Å². The van der Waals surface area contributed by atoms with E-state index in [9.17, 15) is 5.11 Å². The average Bonchev–Trinajstić information content (AvgIpc) is 2.90. The minimum absolute atomic E-state index is 0.280. The number of aryl methyl sites for hydroxylation is 1. The molecule has 124 valence electrons. The molecule has 3 fully saturated rings. The third-order valence-corrected chi connectivity index (χ3v) is 7.88. The van der Waals surface area contributed by atoms with Crippen LogP contribution in [0.2, 0.25) is 0 Å². The molecular formula is C21H29NO. The molecule has 1 heterocycles. The summed E-state index contributed by atoms with van der Waals surface area (Å²) in [5.41, 5.74) is 3.52. The molecule has 5 rings (SSSR count). The summed E-state index contributed by atoms with van der Waals surface area (Å²) in [6, 6.07) is 6.24. The molecule has 3 aliphatic carbocycles. The van der Waals surface area contributed by atoms with Crippen LogP contribution in [0.3, 0.4) is 0 Å². The van der Waals surface area contributed by atoms with Crippen LogP contribution in [0.15, 0.2) is 18.2 Å². The highest BCUT2D eigenvalue weighted by molar-refractivity contribution is 5.50. The molecule has 2 heteroatoms. The van der Waals surface area contributed by atoms with Gasteiger partial charge < -0.3 is 10.0 Å². The molecule has 0 radical (unpaired) electrons. The third-order valence-electron chi connectivity index (χ3n) is 7.88. The zero-order chi connectivity index (χ0) is 15.5. The topological polar surface area (TPSA) is 23.5 Å². The summed E-state index contributed by atoms with van der Waals surface area (Å²) in [6.07, 6.45) is 12.2. The smallest absolute Gasteiger partial charge is 0.119 e. The second kappa shape index (κ2) is 4.99. The molecule has 0 bridgehead atoms. The fraction of sp³-hybridized carbons (Fsp3) is 0.714. The molecule has 0 amide bonds. The van der Waals surface area contributed by atoms with Crippen molar-refractivity contribution in [2.75, 3.05) is 19.6 Å². The number of phenols is 1. The molecule has 0 spiro atoms. The van der Waals surface area contributed by atoms with Crippen LogP contribution in [-0.4, -0.2) is 29.6 Å². The summed E-state index contributed by atoms with van der Waals surface area (Å²) < 4.78 is 0. The van der Waals surface area contributed by atoms with Crippen molar-refractivity contribution in [3.8, 4) is 5.75 Å². The highest BCUT2D eigenvalue weighted by atomic mass is 16.3. The van der Waals surface area contributed by atoms with Crippen LogP contribution in [0.25, 0.3) is 0 Å². The normalized spacial score (nSPS) is 36.9. The van der Waals surface area contributed by atoms with Gasteiger partial charge in [0.25, 0.3) is 0 Å². The molecule has 4 aliphatic rings. The number of nitrogens with zero attached hydrogens (tertiary/aromatic N) is 1. The largest absolute Gasteiger partial charge is 0.508 e. The van der Waals surface area contributed by atoms with Gasteiger partial charge in [0.1, 0.15) is 5.75 Å². The van der Waals surface area contributed by atoms with Gasteiger partial charge in [0, 0.05) is 24.1 Å². The third kappa shape index (κ3) is 1.91. The first-order valence-corrected chi connectivity index (χ1v) is 9.76. The molecule has 23 heavy (non-hydrogen) atoms. The molecule has 1 aromatic rings. The van der Waals surface area contributed by atoms with E-state index >= 15 is 0 Å². The number of benzene rings is 1. The van der Waals surface area contributed by atoms with Gasteiger partial charge in [-0.15, -0.1) is 0 Å². The van der Waals surface area contributed by atoms with Crippen LogP contribution >= 0.6 is 0 Å². The first-order chi connectivity index (χ1) is 11.2. The van der Waals surface area contributed by atoms with Gasteiger partial charge in [-0.2, -0.15) is 0 Å². The molecule has 2 nitrogen and oxygen atoms in total. The van der Waals surface area contributed by atoms with Crippen molar-refractivity contribution in [3.63, 3.8) is 0 Å². The molecule has 1 saturated heterocycles. The van der Waals surface area contributed by atoms with E-state index in [0.29, 0.717) is 11.2 Å². The summed E-state index contributed by atoms with van der Waals surface area (Å²) in [5, 5.41) is 10.7. The SMILES string of the molecule is Oc1cccc2c1C13CCCC1(CC2)CN(CC1CCC1)CC3. The number of rotatable bonds is 2. The van der Waals surface area contributed by atoms with E-state index < -0.39 is 0 Å². The highest BCUT2D eigenvalue weighted by Gasteiger charge is 2.60. The van der Waals surface area contributed by atoms with Crippen LogP contribution in [0, 0.1) is 11.3 Å². The van der Waals surface area contributed by atoms with Crippen molar-refractivity contribution >= 4 is 0 Å². The molecule has 2 unspecified atom stereocenters. The molecule has 2 atom stereocenters. The zero-order valence-corrected chi connectivity index (χ0v) is 14.2. The predicted molar refractivity (Wildman–Crippen MR) is 92.8 cm³/mol. The lowest BCUT2D eigenvalue weighted by atomic mass is 9.52. The number of hydrogen-bond acceptors (Lipinski definition) is 2. The minimum Gasteiger partial charge on any atom is -0.508 e. The van der Waals surface area contributed by atoms with E-state index in [2.05, 4.69) is 11.0 Å². The van der Waals surface area contributed by atoms with Crippen LogP contribution in [0.1, 0.15) is 62.5 Å². The van der Waals surface area contributed by atoms with E-state index in [1.165, 1.54) is 88.5 Å². The highest BCUT2D eigenvalue weighted by Crippen LogP contribution is 2.65. The Bertz CT molecular complexity index is 622. The quantitative estimate of drug-likeness (QED) is 0.882. The van der Waals surface area contributed by atoms with Crippen LogP contribution in [0.5, 0.6) is 5.75 Å². The van der Waals surface area contributed by atoms with Crippen LogP contribution in [-0.2, 0) is 11.8 Å². The van der Waals surface area contributed by atoms with Crippen molar-refractivity contribution in [2.45, 2.75) is 63.2 Å². The summed E-state index contributed by atoms with van der Waals surface area (Å²) in [7, 11) is 0. The van der Waals surface area contributed by atoms with Gasteiger partial charge in [-0.3, -0.25) is 0 Å². The van der Waals surface area contributed by atoms with Gasteiger partial charge in [-0.1, -0.05) is 25.0 Å². The summed E-state index contributed by atoms with van der Waals surface area (Å²) >= 11 is 0. The Kier molecular flexibility index (Phi) is 3.11. The Hall–Kier alpha value is -1.02. The molecular weight excluding hydrogens is 282 g/mol. The molecule has 1 aromatic carbocycles. The first kappa shape index (κ1) is 14.3. The van der Waals surface area contributed by atoms with Gasteiger partial charge >= 0.3 is 0 Å². The second-order valence-corrected chi connectivity index (χ2v) is 8.81. The zero-order valence-electron chi connectivity index (χ0n) is 14.2. The number of phenolic OH excluding ortho intramolecular Hbond substituents is 1. The predicted octanol–water partition coefficient (Wildman–Crippen LogP) is 4.25. The number of piperidine rings is 1. The standard InChI is InChI=1S/C21H29NO/c23-18-7-2-6-17-8-11-20-9-3-10-21(20,19(17)18)12-13-22(15-20)14-16-4-1-5-16/h2,6-7,16,23H,1,3-5,8-15H2. The molecule has 1 aliphatic heterocycles. The maximum atomic E-state index is 10.7. The Labute approximate surface area is 139 Å². The van der Waals surface area contributed by atoms with Gasteiger partial charge in [0.2, 0.25) is 0 Å². The fourth-order valence-corrected chi connectivity index (χ4v) is 6.59. The molecule has 1 N–H and O–H groups in total. The van der Waals surface area contributed by atoms with E-state index in [4.69, 9.17) is 0 Å². The summed E-state index contributed by atoms with van der Waals surface area (Å²) in [6.45, 7) is 3.87. The van der Waals surface area contributed by atoms with Crippen LogP contribution in [0.4, 0.5) is 0 Å². The Balaban J connectivity index is 1.51. The van der Waals surface area contributed by atoms with E-state index in [-0.39, 0.29) is 5.41 Å². The van der Waals surface area contributed by atoms with Crippen molar-refractivity contribution < 1.29 is 5.11 Å². The van der Waals surface area contributed by atoms with E-state index in [1.807, 2.05) is 12.1 Å². The first-order valence-electron chi connectivity index (χ1n) is 9.76. The van der Waals surface area contributed by atoms with E-state index in [0.717, 1.165) is 5.92 Å². The lowest BCUT2D eigenvalue weighted by Gasteiger charge is -2.57. The van der Waals surface area contributed by atoms with Crippen molar-refractivity contribution in [1.82, 2.24) is 4.90 Å².